The van der Waals surface area contributed by atoms with Gasteiger partial charge in [-0.05, 0) is 44.2 Å². The Kier molecular flexibility index (Phi) is 7.21. The van der Waals surface area contributed by atoms with Crippen LogP contribution in [0, 0.1) is 5.41 Å². The van der Waals surface area contributed by atoms with Crippen molar-refractivity contribution in [2.45, 2.75) is 47.0 Å². The summed E-state index contributed by atoms with van der Waals surface area (Å²) in [5.41, 5.74) is 6.56. The molecule has 0 radical (unpaired) electrons. The SMILES string of the molecule is C=C(C)/C=C\C(=C/CC)[C@](C)(Cc1ccccc1)C1=CC(C)=CC=CC1. The Morgan fingerprint density at radius 3 is 2.58 bits per heavy atom. The van der Waals surface area contributed by atoms with Crippen molar-refractivity contribution in [3.63, 3.8) is 0 Å². The van der Waals surface area contributed by atoms with Crippen LogP contribution in [-0.2, 0) is 6.42 Å². The molecule has 26 heavy (non-hydrogen) atoms. The van der Waals surface area contributed by atoms with Crippen molar-refractivity contribution in [1.82, 2.24) is 0 Å². The minimum Gasteiger partial charge on any atom is -0.0961 e. The normalized spacial score (nSPS) is 17.5. The quantitative estimate of drug-likeness (QED) is 0.448. The molecule has 2 rings (SSSR count). The Balaban J connectivity index is 2.56. The second-order valence-corrected chi connectivity index (χ2v) is 7.45. The molecule has 0 heteroatoms. The molecule has 0 unspecified atom stereocenters. The summed E-state index contributed by atoms with van der Waals surface area (Å²) in [6.45, 7) is 12.9. The van der Waals surface area contributed by atoms with E-state index in [0.29, 0.717) is 0 Å². The van der Waals surface area contributed by atoms with E-state index in [9.17, 15) is 0 Å². The van der Waals surface area contributed by atoms with Gasteiger partial charge in [-0.25, -0.2) is 0 Å². The van der Waals surface area contributed by atoms with Crippen molar-refractivity contribution >= 4 is 0 Å². The molecule has 0 aromatic heterocycles. The lowest BCUT2D eigenvalue weighted by molar-refractivity contribution is 0.476. The third-order valence-corrected chi connectivity index (χ3v) is 4.95. The molecule has 0 heterocycles. The fourth-order valence-electron chi connectivity index (χ4n) is 3.52. The summed E-state index contributed by atoms with van der Waals surface area (Å²) in [6, 6.07) is 10.8. The molecule has 0 spiro atoms. The average Bonchev–Trinajstić information content (AvgIpc) is 2.84. The highest BCUT2D eigenvalue weighted by Gasteiger charge is 2.31. The Morgan fingerprint density at radius 2 is 1.92 bits per heavy atom. The molecule has 0 amide bonds. The number of benzene rings is 1. The number of hydrogen-bond donors (Lipinski definition) is 0. The molecule has 1 aliphatic carbocycles. The zero-order chi connectivity index (χ0) is 19.0. The predicted molar refractivity (Wildman–Crippen MR) is 116 cm³/mol. The fraction of sp³-hybridized carbons (Fsp3) is 0.308. The molecule has 0 saturated heterocycles. The molecule has 1 aromatic rings. The van der Waals surface area contributed by atoms with Gasteiger partial charge < -0.3 is 0 Å². The lowest BCUT2D eigenvalue weighted by Gasteiger charge is -2.35. The van der Waals surface area contributed by atoms with Gasteiger partial charge in [-0.2, -0.15) is 0 Å². The summed E-state index contributed by atoms with van der Waals surface area (Å²) in [5.74, 6) is 0. The predicted octanol–water partition coefficient (Wildman–Crippen LogP) is 7.54. The Morgan fingerprint density at radius 1 is 1.19 bits per heavy atom. The van der Waals surface area contributed by atoms with Crippen LogP contribution >= 0.6 is 0 Å². The highest BCUT2D eigenvalue weighted by Crippen LogP contribution is 2.42. The first-order valence-corrected chi connectivity index (χ1v) is 9.58. The van der Waals surface area contributed by atoms with E-state index in [-0.39, 0.29) is 5.41 Å². The van der Waals surface area contributed by atoms with Gasteiger partial charge in [0, 0.05) is 5.41 Å². The van der Waals surface area contributed by atoms with Crippen LogP contribution < -0.4 is 0 Å². The number of allylic oxidation sites excluding steroid dienone is 11. The average molecular weight is 345 g/mol. The van der Waals surface area contributed by atoms with Crippen LogP contribution in [0.2, 0.25) is 0 Å². The van der Waals surface area contributed by atoms with E-state index in [1.807, 2.05) is 0 Å². The third-order valence-electron chi connectivity index (χ3n) is 4.95. The topological polar surface area (TPSA) is 0 Å². The van der Waals surface area contributed by atoms with Crippen LogP contribution in [0.5, 0.6) is 0 Å². The van der Waals surface area contributed by atoms with E-state index in [4.69, 9.17) is 0 Å². The zero-order valence-corrected chi connectivity index (χ0v) is 16.8. The summed E-state index contributed by atoms with van der Waals surface area (Å²) >= 11 is 0. The minimum atomic E-state index is -0.0485. The summed E-state index contributed by atoms with van der Waals surface area (Å²) < 4.78 is 0. The van der Waals surface area contributed by atoms with E-state index in [0.717, 1.165) is 24.8 Å². The van der Waals surface area contributed by atoms with Crippen LogP contribution in [-0.4, -0.2) is 0 Å². The molecule has 1 atom stereocenters. The van der Waals surface area contributed by atoms with Gasteiger partial charge in [0.25, 0.3) is 0 Å². The highest BCUT2D eigenvalue weighted by molar-refractivity contribution is 5.44. The Hall–Kier alpha value is -2.34. The zero-order valence-electron chi connectivity index (χ0n) is 16.8. The summed E-state index contributed by atoms with van der Waals surface area (Å²) in [4.78, 5) is 0. The van der Waals surface area contributed by atoms with E-state index in [1.54, 1.807) is 0 Å². The van der Waals surface area contributed by atoms with Gasteiger partial charge in [-0.15, -0.1) is 0 Å². The van der Waals surface area contributed by atoms with Gasteiger partial charge in [0.05, 0.1) is 0 Å². The Labute approximate surface area is 160 Å². The Bertz CT molecular complexity index is 766. The molecule has 0 N–H and O–H groups in total. The fourth-order valence-corrected chi connectivity index (χ4v) is 3.52. The van der Waals surface area contributed by atoms with Gasteiger partial charge >= 0.3 is 0 Å². The summed E-state index contributed by atoms with van der Waals surface area (Å²) in [7, 11) is 0. The molecular formula is C26H32. The second-order valence-electron chi connectivity index (χ2n) is 7.45. The molecule has 1 aliphatic rings. The molecule has 0 aliphatic heterocycles. The van der Waals surface area contributed by atoms with Gasteiger partial charge in [0.15, 0.2) is 0 Å². The molecule has 0 fully saturated rings. The third kappa shape index (κ3) is 5.33. The smallest absolute Gasteiger partial charge is 0.0177 e. The van der Waals surface area contributed by atoms with Crippen LogP contribution in [0.4, 0.5) is 0 Å². The summed E-state index contributed by atoms with van der Waals surface area (Å²) in [5, 5.41) is 0. The van der Waals surface area contributed by atoms with Gasteiger partial charge in [-0.3, -0.25) is 0 Å². The van der Waals surface area contributed by atoms with Crippen LogP contribution in [0.25, 0.3) is 0 Å². The first kappa shape index (κ1) is 20.0. The van der Waals surface area contributed by atoms with Crippen LogP contribution in [0.15, 0.2) is 102 Å². The largest absolute Gasteiger partial charge is 0.0961 e. The molecular weight excluding hydrogens is 312 g/mol. The highest BCUT2D eigenvalue weighted by atomic mass is 14.3. The lowest BCUT2D eigenvalue weighted by atomic mass is 9.69. The molecule has 0 saturated carbocycles. The number of rotatable bonds is 7. The van der Waals surface area contributed by atoms with Crippen molar-refractivity contribution in [2.75, 3.05) is 0 Å². The van der Waals surface area contributed by atoms with E-state index >= 15 is 0 Å². The van der Waals surface area contributed by atoms with Crippen molar-refractivity contribution in [3.05, 3.63) is 107 Å². The molecule has 0 nitrogen and oxygen atoms in total. The van der Waals surface area contributed by atoms with E-state index < -0.39 is 0 Å². The van der Waals surface area contributed by atoms with Crippen molar-refractivity contribution < 1.29 is 0 Å². The van der Waals surface area contributed by atoms with E-state index in [1.165, 1.54) is 22.3 Å². The molecule has 1 aromatic carbocycles. The minimum absolute atomic E-state index is 0.0485. The van der Waals surface area contributed by atoms with Crippen molar-refractivity contribution in [3.8, 4) is 0 Å². The van der Waals surface area contributed by atoms with Crippen molar-refractivity contribution in [2.24, 2.45) is 5.41 Å². The maximum absolute atomic E-state index is 4.04. The van der Waals surface area contributed by atoms with Gasteiger partial charge in [0.2, 0.25) is 0 Å². The molecule has 0 bridgehead atoms. The first-order chi connectivity index (χ1) is 12.5. The van der Waals surface area contributed by atoms with Crippen LogP contribution in [0.3, 0.4) is 0 Å². The number of hydrogen-bond acceptors (Lipinski definition) is 0. The molecule has 136 valence electrons. The second kappa shape index (κ2) is 9.38. The monoisotopic (exact) mass is 344 g/mol. The first-order valence-electron chi connectivity index (χ1n) is 9.58. The lowest BCUT2D eigenvalue weighted by Crippen LogP contribution is -2.25. The maximum atomic E-state index is 4.04. The van der Waals surface area contributed by atoms with Gasteiger partial charge in [0.1, 0.15) is 0 Å². The van der Waals surface area contributed by atoms with E-state index in [2.05, 4.69) is 107 Å². The van der Waals surface area contributed by atoms with Crippen molar-refractivity contribution in [1.29, 1.82) is 0 Å². The standard InChI is InChI=1S/C26H32/c1-6-12-24(18-17-21(2)3)26(5,20-23-14-8-7-9-15-23)25-16-11-10-13-22(4)19-25/h7-15,17-19H,2,6,16,20H2,1,3-5H3/b18-17-,24-12+/t26-/m0/s1. The maximum Gasteiger partial charge on any atom is 0.0177 e. The van der Waals surface area contributed by atoms with Crippen LogP contribution in [0.1, 0.15) is 46.1 Å². The summed E-state index contributed by atoms with van der Waals surface area (Å²) in [6.07, 6.45) is 18.8. The van der Waals surface area contributed by atoms with Gasteiger partial charge in [-0.1, -0.05) is 110 Å².